The van der Waals surface area contributed by atoms with Crippen molar-refractivity contribution in [3.05, 3.63) is 47.7 Å². The highest BCUT2D eigenvalue weighted by molar-refractivity contribution is 8.22. The Hall–Kier alpha value is -2.59. The number of carbonyl (C=O) groups is 1. The molecule has 1 aliphatic rings. The molecule has 0 spiro atoms. The minimum Gasteiger partial charge on any atom is -0.381 e. The van der Waals surface area contributed by atoms with Crippen LogP contribution >= 0.6 is 10.8 Å². The number of benzene rings is 1. The third-order valence-corrected chi connectivity index (χ3v) is 6.46. The highest BCUT2D eigenvalue weighted by atomic mass is 32.3. The molecule has 35 heavy (non-hydrogen) atoms. The first-order valence-corrected chi connectivity index (χ1v) is 11.7. The van der Waals surface area contributed by atoms with Crippen molar-refractivity contribution in [2.45, 2.75) is 36.0 Å². The van der Waals surface area contributed by atoms with E-state index in [4.69, 9.17) is 4.74 Å². The van der Waals surface area contributed by atoms with Crippen LogP contribution in [0.2, 0.25) is 0 Å². The van der Waals surface area contributed by atoms with Crippen LogP contribution in [0.1, 0.15) is 29.9 Å². The van der Waals surface area contributed by atoms with Crippen LogP contribution < -0.4 is 15.4 Å². The Morgan fingerprint density at radius 3 is 2.49 bits per heavy atom. The number of amides is 2. The number of nitrogens with one attached hydrogen (secondary N) is 3. The van der Waals surface area contributed by atoms with Gasteiger partial charge in [-0.25, -0.2) is 14.5 Å². The molecule has 2 amide bonds. The molecule has 0 saturated carbocycles. The summed E-state index contributed by atoms with van der Waals surface area (Å²) in [6.07, 6.45) is -7.13. The molecule has 8 nitrogen and oxygen atoms in total. The van der Waals surface area contributed by atoms with Gasteiger partial charge in [0.05, 0.1) is 17.1 Å². The lowest BCUT2D eigenvalue weighted by Gasteiger charge is -2.34. The molecule has 5 N–H and O–H groups in total. The molecule has 1 saturated heterocycles. The van der Waals surface area contributed by atoms with Crippen LogP contribution in [0.4, 0.5) is 42.6 Å². The largest absolute Gasteiger partial charge is 0.416 e. The van der Waals surface area contributed by atoms with Gasteiger partial charge in [0, 0.05) is 24.4 Å². The molecule has 194 valence electrons. The van der Waals surface area contributed by atoms with Crippen molar-refractivity contribution in [3.63, 3.8) is 0 Å². The van der Waals surface area contributed by atoms with Crippen molar-refractivity contribution in [1.82, 2.24) is 9.71 Å². The number of nitrogens with zero attached hydrogens (tertiary/aromatic N) is 1. The highest BCUT2D eigenvalue weighted by Crippen LogP contribution is 2.47. The van der Waals surface area contributed by atoms with E-state index in [9.17, 15) is 40.2 Å². The van der Waals surface area contributed by atoms with Crippen molar-refractivity contribution < 1.29 is 45.0 Å². The van der Waals surface area contributed by atoms with Crippen molar-refractivity contribution in [2.24, 2.45) is 0 Å². The molecule has 3 rings (SSSR count). The van der Waals surface area contributed by atoms with Crippen LogP contribution in [0.15, 0.2) is 41.4 Å². The minimum absolute atomic E-state index is 0.0243. The maximum atomic E-state index is 12.9. The number of urea groups is 1. The summed E-state index contributed by atoms with van der Waals surface area (Å²) < 4.78 is 104. The quantitative estimate of drug-likeness (QED) is 0.302. The van der Waals surface area contributed by atoms with Gasteiger partial charge in [0.2, 0.25) is 0 Å². The van der Waals surface area contributed by atoms with Gasteiger partial charge in [-0.1, -0.05) is 6.07 Å². The summed E-state index contributed by atoms with van der Waals surface area (Å²) in [5, 5.41) is 4.57. The molecule has 1 fully saturated rings. The summed E-state index contributed by atoms with van der Waals surface area (Å²) in [5.74, 6) is -0.614. The first-order chi connectivity index (χ1) is 16.2. The zero-order valence-electron chi connectivity index (χ0n) is 17.9. The third-order valence-electron chi connectivity index (χ3n) is 5.00. The Morgan fingerprint density at radius 1 is 1.11 bits per heavy atom. The number of rotatable bonds is 6. The molecule has 0 bridgehead atoms. The average molecular weight is 528 g/mol. The molecule has 2 heterocycles. The number of alkyl halides is 6. The van der Waals surface area contributed by atoms with Crippen molar-refractivity contribution in [3.8, 4) is 0 Å². The molecule has 1 aromatic carbocycles. The minimum atomic E-state index is -4.71. The Balaban J connectivity index is 1.86. The van der Waals surface area contributed by atoms with E-state index in [0.717, 1.165) is 18.3 Å². The predicted octanol–water partition coefficient (Wildman–Crippen LogP) is 5.81. The SMILES string of the molecule is O=C(Nc1cc(C(F)(F)F)ccn1)Nc1cc(S(O)(O)NCC(F)(F)F)ccc1C1CCCOC1. The number of halogens is 6. The Kier molecular flexibility index (Phi) is 8.16. The summed E-state index contributed by atoms with van der Waals surface area (Å²) in [6.45, 7) is -0.855. The first kappa shape index (κ1) is 27.0. The van der Waals surface area contributed by atoms with Gasteiger partial charge in [-0.15, -0.1) is 10.8 Å². The molecule has 1 atom stereocenters. The van der Waals surface area contributed by atoms with E-state index in [2.05, 4.69) is 15.6 Å². The van der Waals surface area contributed by atoms with E-state index in [1.54, 1.807) is 4.72 Å². The van der Waals surface area contributed by atoms with Crippen LogP contribution in [-0.2, 0) is 10.9 Å². The Morgan fingerprint density at radius 2 is 1.86 bits per heavy atom. The van der Waals surface area contributed by atoms with Gasteiger partial charge in [0.15, 0.2) is 0 Å². The van der Waals surface area contributed by atoms with Gasteiger partial charge < -0.3 is 10.1 Å². The molecule has 0 aliphatic carbocycles. The fourth-order valence-corrected chi connectivity index (χ4v) is 4.45. The molecular weight excluding hydrogens is 506 g/mol. The normalized spacial score (nSPS) is 17.7. The second-order valence-corrected chi connectivity index (χ2v) is 9.51. The van der Waals surface area contributed by atoms with Crippen molar-refractivity contribution >= 4 is 28.3 Å². The second kappa shape index (κ2) is 10.6. The summed E-state index contributed by atoms with van der Waals surface area (Å²) in [6, 6.07) is 4.11. The van der Waals surface area contributed by atoms with E-state index >= 15 is 0 Å². The van der Waals surface area contributed by atoms with Crippen molar-refractivity contribution in [1.29, 1.82) is 0 Å². The van der Waals surface area contributed by atoms with E-state index in [-0.39, 0.29) is 23.1 Å². The number of carbonyl (C=O) groups excluding carboxylic acids is 1. The summed E-state index contributed by atoms with van der Waals surface area (Å²) in [5.41, 5.74) is -0.502. The van der Waals surface area contributed by atoms with E-state index in [1.165, 1.54) is 12.1 Å². The maximum absolute atomic E-state index is 12.9. The lowest BCUT2D eigenvalue weighted by molar-refractivity contribution is -0.137. The molecule has 15 heteroatoms. The monoisotopic (exact) mass is 528 g/mol. The number of aromatic nitrogens is 1. The topological polar surface area (TPSA) is 116 Å². The Bertz CT molecular complexity index is 1050. The van der Waals surface area contributed by atoms with Gasteiger partial charge in [-0.2, -0.15) is 26.3 Å². The number of anilines is 2. The standard InChI is InChI=1S/C20H22F6N4O4S/c21-19(22,23)11-28-35(32,33)14-3-4-15(12-2-1-7-34-10-12)16(9-14)29-18(31)30-17-8-13(5-6-27-17)20(24,25)26/h3-6,8-9,12,28,32-33H,1-2,7,10-11H2,(H2,27,29,30,31). The Labute approximate surface area is 197 Å². The smallest absolute Gasteiger partial charge is 0.381 e. The third kappa shape index (κ3) is 7.70. The van der Waals surface area contributed by atoms with Crippen LogP contribution in [0.3, 0.4) is 0 Å². The molecule has 1 unspecified atom stereocenters. The second-order valence-electron chi connectivity index (χ2n) is 7.65. The summed E-state index contributed by atoms with van der Waals surface area (Å²) in [4.78, 5) is 15.9. The molecular formula is C20H22F6N4O4S. The van der Waals surface area contributed by atoms with Crippen LogP contribution in [0, 0.1) is 0 Å². The van der Waals surface area contributed by atoms with Gasteiger partial charge in [-0.3, -0.25) is 14.4 Å². The average Bonchev–Trinajstić information content (AvgIpc) is 2.77. The van der Waals surface area contributed by atoms with Crippen LogP contribution in [0.5, 0.6) is 0 Å². The number of hydrogen-bond donors (Lipinski definition) is 5. The van der Waals surface area contributed by atoms with E-state index < -0.39 is 47.1 Å². The maximum Gasteiger partial charge on any atom is 0.416 e. The lowest BCUT2D eigenvalue weighted by Crippen LogP contribution is -2.31. The van der Waals surface area contributed by atoms with E-state index in [0.29, 0.717) is 31.1 Å². The van der Waals surface area contributed by atoms with E-state index in [1.807, 2.05) is 0 Å². The van der Waals surface area contributed by atoms with Gasteiger partial charge in [0.1, 0.15) is 12.4 Å². The number of hydrogen-bond acceptors (Lipinski definition) is 6. The fraction of sp³-hybridized carbons (Fsp3) is 0.400. The van der Waals surface area contributed by atoms with Gasteiger partial charge in [0.25, 0.3) is 0 Å². The van der Waals surface area contributed by atoms with Gasteiger partial charge >= 0.3 is 18.4 Å². The number of ether oxygens (including phenoxy) is 1. The summed E-state index contributed by atoms with van der Waals surface area (Å²) >= 11 is 0. The highest BCUT2D eigenvalue weighted by Gasteiger charge is 2.32. The zero-order valence-corrected chi connectivity index (χ0v) is 18.7. The van der Waals surface area contributed by atoms with Crippen molar-refractivity contribution in [2.75, 3.05) is 30.4 Å². The van der Waals surface area contributed by atoms with Crippen LogP contribution in [-0.4, -0.2) is 46.1 Å². The molecule has 2 aromatic rings. The summed E-state index contributed by atoms with van der Waals surface area (Å²) in [7, 11) is -4.09. The molecule has 0 radical (unpaired) electrons. The predicted molar refractivity (Wildman–Crippen MR) is 116 cm³/mol. The zero-order chi connectivity index (χ0) is 25.9. The number of pyridine rings is 1. The fourth-order valence-electron chi connectivity index (χ4n) is 3.37. The lowest BCUT2D eigenvalue weighted by atomic mass is 9.92. The van der Waals surface area contributed by atoms with Crippen LogP contribution in [0.25, 0.3) is 0 Å². The molecule has 1 aromatic heterocycles. The molecule has 1 aliphatic heterocycles. The van der Waals surface area contributed by atoms with Gasteiger partial charge in [-0.05, 0) is 42.7 Å². The first-order valence-electron chi connectivity index (χ1n) is 10.2.